The van der Waals surface area contributed by atoms with Crippen LogP contribution in [0.15, 0.2) is 22.7 Å². The van der Waals surface area contributed by atoms with Gasteiger partial charge in [0.1, 0.15) is 11.5 Å². The Bertz CT molecular complexity index is 621. The SMILES string of the molecule is COc1cc(OC)cc(-c2noc(CC(=O)C(F)F)n2)c1. The number of ether oxygens (including phenoxy) is 2. The van der Waals surface area contributed by atoms with E-state index in [4.69, 9.17) is 14.0 Å². The fourth-order valence-corrected chi connectivity index (χ4v) is 1.61. The number of methoxy groups -OCH3 is 2. The molecule has 0 unspecified atom stereocenters. The van der Waals surface area contributed by atoms with E-state index < -0.39 is 18.6 Å². The van der Waals surface area contributed by atoms with Gasteiger partial charge in [-0.1, -0.05) is 5.16 Å². The number of carbonyl (C=O) groups is 1. The van der Waals surface area contributed by atoms with Crippen LogP contribution in [0, 0.1) is 0 Å². The summed E-state index contributed by atoms with van der Waals surface area (Å²) in [5, 5.41) is 3.66. The summed E-state index contributed by atoms with van der Waals surface area (Å²) in [4.78, 5) is 14.9. The molecule has 0 saturated carbocycles. The van der Waals surface area contributed by atoms with E-state index in [9.17, 15) is 13.6 Å². The lowest BCUT2D eigenvalue weighted by Crippen LogP contribution is -2.12. The van der Waals surface area contributed by atoms with Crippen LogP contribution in [0.3, 0.4) is 0 Å². The first kappa shape index (κ1) is 14.9. The Morgan fingerprint density at radius 2 is 1.86 bits per heavy atom. The molecule has 0 aliphatic heterocycles. The Balaban J connectivity index is 2.26. The van der Waals surface area contributed by atoms with Gasteiger partial charge in [-0.3, -0.25) is 4.79 Å². The molecule has 0 fully saturated rings. The van der Waals surface area contributed by atoms with Crippen molar-refractivity contribution in [3.05, 3.63) is 24.1 Å². The van der Waals surface area contributed by atoms with Gasteiger partial charge in [-0.05, 0) is 12.1 Å². The second-order valence-corrected chi connectivity index (χ2v) is 4.06. The number of ketones is 1. The second kappa shape index (κ2) is 6.29. The highest BCUT2D eigenvalue weighted by atomic mass is 19.3. The molecule has 8 heteroatoms. The second-order valence-electron chi connectivity index (χ2n) is 4.06. The summed E-state index contributed by atoms with van der Waals surface area (Å²) < 4.78 is 39.3. The molecular formula is C13H12F2N2O4. The third kappa shape index (κ3) is 3.53. The van der Waals surface area contributed by atoms with E-state index in [1.54, 1.807) is 18.2 Å². The minimum absolute atomic E-state index is 0.157. The number of rotatable bonds is 6. The maximum Gasteiger partial charge on any atom is 0.296 e. The van der Waals surface area contributed by atoms with Crippen molar-refractivity contribution in [2.24, 2.45) is 0 Å². The quantitative estimate of drug-likeness (QED) is 0.813. The minimum Gasteiger partial charge on any atom is -0.497 e. The average molecular weight is 298 g/mol. The van der Waals surface area contributed by atoms with E-state index in [0.717, 1.165) is 0 Å². The van der Waals surface area contributed by atoms with Crippen LogP contribution in [0.1, 0.15) is 5.89 Å². The number of nitrogens with zero attached hydrogens (tertiary/aromatic N) is 2. The van der Waals surface area contributed by atoms with Crippen LogP contribution in [0.5, 0.6) is 11.5 Å². The van der Waals surface area contributed by atoms with Crippen LogP contribution >= 0.6 is 0 Å². The Kier molecular flexibility index (Phi) is 4.46. The Hall–Kier alpha value is -2.51. The zero-order valence-electron chi connectivity index (χ0n) is 11.3. The fraction of sp³-hybridized carbons (Fsp3) is 0.308. The standard InChI is InChI=1S/C13H12F2N2O4/c1-19-8-3-7(4-9(5-8)20-2)13-16-11(21-17-13)6-10(18)12(14)15/h3-5,12H,6H2,1-2H3. The fourth-order valence-electron chi connectivity index (χ4n) is 1.61. The predicted molar refractivity (Wildman–Crippen MR) is 67.6 cm³/mol. The topological polar surface area (TPSA) is 74.5 Å². The van der Waals surface area contributed by atoms with Gasteiger partial charge in [-0.15, -0.1) is 0 Å². The molecule has 1 aromatic heterocycles. The molecular weight excluding hydrogens is 286 g/mol. The van der Waals surface area contributed by atoms with Gasteiger partial charge in [0.2, 0.25) is 17.5 Å². The molecule has 0 aliphatic rings. The van der Waals surface area contributed by atoms with Crippen LogP contribution < -0.4 is 9.47 Å². The zero-order valence-corrected chi connectivity index (χ0v) is 11.3. The van der Waals surface area contributed by atoms with Gasteiger partial charge < -0.3 is 14.0 Å². The van der Waals surface area contributed by atoms with Crippen molar-refractivity contribution < 1.29 is 27.6 Å². The average Bonchev–Trinajstić information content (AvgIpc) is 2.95. The number of hydrogen-bond acceptors (Lipinski definition) is 6. The van der Waals surface area contributed by atoms with Crippen LogP contribution in [-0.4, -0.2) is 36.6 Å². The normalized spacial score (nSPS) is 10.7. The highest BCUT2D eigenvalue weighted by molar-refractivity contribution is 5.83. The number of alkyl halides is 2. The molecule has 0 amide bonds. The Morgan fingerprint density at radius 3 is 2.38 bits per heavy atom. The van der Waals surface area contributed by atoms with E-state index in [1.807, 2.05) is 0 Å². The highest BCUT2D eigenvalue weighted by Crippen LogP contribution is 2.28. The van der Waals surface area contributed by atoms with Crippen LogP contribution in [-0.2, 0) is 11.2 Å². The lowest BCUT2D eigenvalue weighted by molar-refractivity contribution is -0.129. The number of Topliss-reactive ketones (excluding diaryl/α,β-unsaturated/α-hetero) is 1. The predicted octanol–water partition coefficient (Wildman–Crippen LogP) is 2.13. The van der Waals surface area contributed by atoms with Crippen molar-refractivity contribution >= 4 is 5.78 Å². The number of hydrogen-bond donors (Lipinski definition) is 0. The van der Waals surface area contributed by atoms with Crippen molar-refractivity contribution in [1.29, 1.82) is 0 Å². The molecule has 2 rings (SSSR count). The summed E-state index contributed by atoms with van der Waals surface area (Å²) in [5.74, 6) is -0.256. The zero-order chi connectivity index (χ0) is 15.4. The molecule has 1 heterocycles. The van der Waals surface area contributed by atoms with Gasteiger partial charge >= 0.3 is 0 Å². The van der Waals surface area contributed by atoms with Crippen molar-refractivity contribution in [1.82, 2.24) is 10.1 Å². The summed E-state index contributed by atoms with van der Waals surface area (Å²) >= 11 is 0. The first-order chi connectivity index (χ1) is 10.0. The largest absolute Gasteiger partial charge is 0.497 e. The summed E-state index contributed by atoms with van der Waals surface area (Å²) in [6.07, 6.45) is -3.66. The molecule has 0 atom stereocenters. The minimum atomic E-state index is -3.06. The number of aromatic nitrogens is 2. The van der Waals surface area contributed by atoms with Gasteiger partial charge in [-0.2, -0.15) is 4.98 Å². The van der Waals surface area contributed by atoms with Crippen molar-refractivity contribution in [3.8, 4) is 22.9 Å². The van der Waals surface area contributed by atoms with E-state index in [0.29, 0.717) is 17.1 Å². The third-order valence-electron chi connectivity index (χ3n) is 2.65. The Labute approximate surface area is 118 Å². The molecule has 0 saturated heterocycles. The van der Waals surface area contributed by atoms with Crippen LogP contribution in [0.2, 0.25) is 0 Å². The van der Waals surface area contributed by atoms with Gasteiger partial charge in [0.25, 0.3) is 6.43 Å². The first-order valence-electron chi connectivity index (χ1n) is 5.90. The smallest absolute Gasteiger partial charge is 0.296 e. The molecule has 112 valence electrons. The molecule has 6 nitrogen and oxygen atoms in total. The number of benzene rings is 1. The van der Waals surface area contributed by atoms with Crippen LogP contribution in [0.25, 0.3) is 11.4 Å². The molecule has 0 radical (unpaired) electrons. The van der Waals surface area contributed by atoms with Crippen molar-refractivity contribution in [3.63, 3.8) is 0 Å². The summed E-state index contributed by atoms with van der Waals surface area (Å²) in [6, 6.07) is 4.92. The van der Waals surface area contributed by atoms with E-state index >= 15 is 0 Å². The maximum atomic E-state index is 12.2. The Morgan fingerprint density at radius 1 is 1.24 bits per heavy atom. The summed E-state index contributed by atoms with van der Waals surface area (Å²) in [6.45, 7) is 0. The van der Waals surface area contributed by atoms with Crippen molar-refractivity contribution in [2.45, 2.75) is 12.8 Å². The molecule has 2 aromatic rings. The molecule has 1 aromatic carbocycles. The lowest BCUT2D eigenvalue weighted by Gasteiger charge is -2.05. The molecule has 0 aliphatic carbocycles. The summed E-state index contributed by atoms with van der Waals surface area (Å²) in [5.41, 5.74) is 0.519. The van der Waals surface area contributed by atoms with Crippen LogP contribution in [0.4, 0.5) is 8.78 Å². The molecule has 0 N–H and O–H groups in total. The molecule has 0 bridgehead atoms. The number of halogens is 2. The molecule has 21 heavy (non-hydrogen) atoms. The van der Waals surface area contributed by atoms with Gasteiger partial charge in [0.15, 0.2) is 0 Å². The monoisotopic (exact) mass is 298 g/mol. The third-order valence-corrected chi connectivity index (χ3v) is 2.65. The van der Waals surface area contributed by atoms with E-state index in [-0.39, 0.29) is 11.7 Å². The highest BCUT2D eigenvalue weighted by Gasteiger charge is 2.20. The van der Waals surface area contributed by atoms with Gasteiger partial charge in [-0.25, -0.2) is 8.78 Å². The van der Waals surface area contributed by atoms with E-state index in [1.165, 1.54) is 14.2 Å². The number of carbonyl (C=O) groups excluding carboxylic acids is 1. The first-order valence-corrected chi connectivity index (χ1v) is 5.90. The molecule has 0 spiro atoms. The van der Waals surface area contributed by atoms with Gasteiger partial charge in [0.05, 0.1) is 20.6 Å². The van der Waals surface area contributed by atoms with Gasteiger partial charge in [0, 0.05) is 11.6 Å². The maximum absolute atomic E-state index is 12.2. The van der Waals surface area contributed by atoms with E-state index in [2.05, 4.69) is 10.1 Å². The van der Waals surface area contributed by atoms with Crippen molar-refractivity contribution in [2.75, 3.05) is 14.2 Å². The summed E-state index contributed by atoms with van der Waals surface area (Å²) in [7, 11) is 2.98. The lowest BCUT2D eigenvalue weighted by atomic mass is 10.2.